The van der Waals surface area contributed by atoms with Crippen molar-refractivity contribution in [2.24, 2.45) is 0 Å². The van der Waals surface area contributed by atoms with Crippen LogP contribution in [0.3, 0.4) is 0 Å². The minimum atomic E-state index is -4.43. The highest BCUT2D eigenvalue weighted by molar-refractivity contribution is 7.47. The van der Waals surface area contributed by atoms with Gasteiger partial charge in [0, 0.05) is 12.8 Å². The highest BCUT2D eigenvalue weighted by Crippen LogP contribution is 2.43. The van der Waals surface area contributed by atoms with Gasteiger partial charge in [-0.3, -0.25) is 18.6 Å². The van der Waals surface area contributed by atoms with E-state index in [0.717, 1.165) is 70.6 Å². The van der Waals surface area contributed by atoms with Crippen LogP contribution in [-0.4, -0.2) is 74.3 Å². The summed E-state index contributed by atoms with van der Waals surface area (Å²) in [5, 5.41) is 3.03. The van der Waals surface area contributed by atoms with Crippen molar-refractivity contribution in [1.82, 2.24) is 5.32 Å². The lowest BCUT2D eigenvalue weighted by Crippen LogP contribution is -2.47. The van der Waals surface area contributed by atoms with Crippen LogP contribution in [0.15, 0.2) is 24.3 Å². The number of nitrogens with one attached hydrogen (secondary N) is 1. The zero-order valence-corrected chi connectivity index (χ0v) is 42.5. The van der Waals surface area contributed by atoms with Crippen LogP contribution in [-0.2, 0) is 27.9 Å². The first-order chi connectivity index (χ1) is 29.9. The number of esters is 1. The second kappa shape index (κ2) is 43.4. The molecule has 0 aromatic rings. The second-order valence-electron chi connectivity index (χ2n) is 19.1. The third-order valence-corrected chi connectivity index (χ3v) is 12.6. The quantitative estimate of drug-likeness (QED) is 0.0206. The number of likely N-dealkylation sites (N-methyl/N-ethyl adjacent to an activating group) is 1. The molecule has 3 atom stereocenters. The van der Waals surface area contributed by atoms with Crippen LogP contribution in [0.4, 0.5) is 0 Å². The van der Waals surface area contributed by atoms with E-state index in [9.17, 15) is 19.0 Å². The fraction of sp³-hybridized carbons (Fsp3) is 0.885. The Balaban J connectivity index is 5.42. The number of hydrogen-bond donors (Lipinski definition) is 2. The lowest BCUT2D eigenvalue weighted by molar-refractivity contribution is -0.870. The number of phosphoric ester groups is 1. The Morgan fingerprint density at radius 1 is 0.548 bits per heavy atom. The number of allylic oxidation sites excluding steroid dienone is 3. The molecule has 0 aliphatic carbocycles. The van der Waals surface area contributed by atoms with Gasteiger partial charge in [0.05, 0.1) is 33.8 Å². The van der Waals surface area contributed by atoms with Gasteiger partial charge >= 0.3 is 13.8 Å². The predicted molar refractivity (Wildman–Crippen MR) is 263 cm³/mol. The molecule has 0 aliphatic rings. The number of ether oxygens (including phenoxy) is 1. The molecule has 0 bridgehead atoms. The van der Waals surface area contributed by atoms with Crippen molar-refractivity contribution < 1.29 is 37.3 Å². The Morgan fingerprint density at radius 2 is 0.935 bits per heavy atom. The Labute approximate surface area is 383 Å². The second-order valence-corrected chi connectivity index (χ2v) is 20.5. The molecule has 0 saturated heterocycles. The molecule has 9 nitrogen and oxygen atoms in total. The molecule has 1 amide bonds. The molecular weight excluding hydrogens is 796 g/mol. The fourth-order valence-electron chi connectivity index (χ4n) is 7.52. The molecule has 2 N–H and O–H groups in total. The first-order valence-electron chi connectivity index (χ1n) is 26.2. The van der Waals surface area contributed by atoms with Gasteiger partial charge in [-0.05, 0) is 57.4 Å². The lowest BCUT2D eigenvalue weighted by Gasteiger charge is -2.27. The molecule has 3 unspecified atom stereocenters. The summed E-state index contributed by atoms with van der Waals surface area (Å²) in [6.45, 7) is 6.98. The topological polar surface area (TPSA) is 111 Å². The van der Waals surface area contributed by atoms with E-state index in [-0.39, 0.29) is 25.1 Å². The van der Waals surface area contributed by atoms with Crippen LogP contribution in [0.1, 0.15) is 245 Å². The number of rotatable bonds is 47. The van der Waals surface area contributed by atoms with E-state index in [1.165, 1.54) is 141 Å². The molecule has 62 heavy (non-hydrogen) atoms. The zero-order chi connectivity index (χ0) is 45.8. The highest BCUT2D eigenvalue weighted by Gasteiger charge is 2.30. The van der Waals surface area contributed by atoms with E-state index >= 15 is 0 Å². The van der Waals surface area contributed by atoms with Crippen molar-refractivity contribution in [3.63, 3.8) is 0 Å². The number of quaternary nitrogens is 1. The number of phosphoric acid groups is 1. The van der Waals surface area contributed by atoms with Gasteiger partial charge < -0.3 is 19.4 Å². The Kier molecular flexibility index (Phi) is 42.3. The summed E-state index contributed by atoms with van der Waals surface area (Å²) in [5.74, 6) is -0.519. The van der Waals surface area contributed by atoms with Gasteiger partial charge in [-0.15, -0.1) is 0 Å². The van der Waals surface area contributed by atoms with E-state index < -0.39 is 20.0 Å². The van der Waals surface area contributed by atoms with Crippen molar-refractivity contribution in [2.45, 2.75) is 258 Å². The molecule has 0 aromatic heterocycles. The molecule has 366 valence electrons. The normalized spacial score (nSPS) is 14.1. The number of nitrogens with zero attached hydrogens (tertiary/aromatic N) is 1. The summed E-state index contributed by atoms with van der Waals surface area (Å²) in [5.41, 5.74) is 0. The average Bonchev–Trinajstić information content (AvgIpc) is 3.22. The molecule has 0 heterocycles. The largest absolute Gasteiger partial charge is 0.472 e. The van der Waals surface area contributed by atoms with E-state index in [1.54, 1.807) is 0 Å². The van der Waals surface area contributed by atoms with E-state index in [4.69, 9.17) is 13.8 Å². The number of unbranched alkanes of at least 4 members (excludes halogenated alkanes) is 29. The summed E-state index contributed by atoms with van der Waals surface area (Å²) in [6, 6.07) is -0.847. The molecule has 0 rings (SSSR count). The van der Waals surface area contributed by atoms with Gasteiger partial charge in [0.15, 0.2) is 0 Å². The minimum Gasteiger partial charge on any atom is -0.456 e. The van der Waals surface area contributed by atoms with Crippen LogP contribution in [0.25, 0.3) is 0 Å². The average molecular weight is 898 g/mol. The lowest BCUT2D eigenvalue weighted by atomic mass is 10.0. The maximum absolute atomic E-state index is 13.4. The Morgan fingerprint density at radius 3 is 1.39 bits per heavy atom. The standard InChI is InChI=1S/C52H101N2O7P/c1-7-10-13-16-19-22-25-26-27-30-32-35-38-41-44-51(55)53-49(48-60-62(57,58)59-47-46-54(4,5)6)50(43-40-37-34-31-28-23-20-17-14-11-8-2)61-52(56)45-42-39-36-33-29-24-21-18-15-12-9-3/h27,30,40,43,49-50H,7-26,28-29,31-39,41-42,44-48H2,1-6H3,(H-,53,55,57,58)/p+1/b30-27-,43-40+. The molecule has 0 fully saturated rings. The van der Waals surface area contributed by atoms with Crippen LogP contribution in [0, 0.1) is 0 Å². The van der Waals surface area contributed by atoms with Gasteiger partial charge in [-0.25, -0.2) is 4.57 Å². The van der Waals surface area contributed by atoms with Crippen molar-refractivity contribution >= 4 is 19.7 Å². The van der Waals surface area contributed by atoms with Gasteiger partial charge in [-0.1, -0.05) is 200 Å². The van der Waals surface area contributed by atoms with Gasteiger partial charge in [0.1, 0.15) is 19.3 Å². The first-order valence-corrected chi connectivity index (χ1v) is 27.7. The predicted octanol–water partition coefficient (Wildman–Crippen LogP) is 15.0. The molecular formula is C52H102N2O7P+. The molecule has 10 heteroatoms. The van der Waals surface area contributed by atoms with Crippen molar-refractivity contribution in [3.8, 4) is 0 Å². The summed E-state index contributed by atoms with van der Waals surface area (Å²) in [7, 11) is 1.49. The molecule has 0 saturated carbocycles. The summed E-state index contributed by atoms with van der Waals surface area (Å²) < 4.78 is 30.5. The molecule has 0 aromatic carbocycles. The minimum absolute atomic E-state index is 0.0403. The zero-order valence-electron chi connectivity index (χ0n) is 41.6. The number of amides is 1. The van der Waals surface area contributed by atoms with Crippen molar-refractivity contribution in [1.29, 1.82) is 0 Å². The summed E-state index contributed by atoms with van der Waals surface area (Å²) in [4.78, 5) is 37.3. The molecule has 0 spiro atoms. The van der Waals surface area contributed by atoms with Crippen LogP contribution >= 0.6 is 7.82 Å². The Bertz CT molecular complexity index is 1120. The van der Waals surface area contributed by atoms with Crippen LogP contribution in [0.5, 0.6) is 0 Å². The number of carbonyl (C=O) groups is 2. The third-order valence-electron chi connectivity index (χ3n) is 11.6. The third kappa shape index (κ3) is 43.7. The van der Waals surface area contributed by atoms with E-state index in [0.29, 0.717) is 23.9 Å². The van der Waals surface area contributed by atoms with Crippen molar-refractivity contribution in [3.05, 3.63) is 24.3 Å². The van der Waals surface area contributed by atoms with Gasteiger partial charge in [-0.2, -0.15) is 0 Å². The van der Waals surface area contributed by atoms with Gasteiger partial charge in [0.2, 0.25) is 5.91 Å². The fourth-order valence-corrected chi connectivity index (χ4v) is 8.26. The molecule has 0 aliphatic heterocycles. The van der Waals surface area contributed by atoms with Crippen LogP contribution in [0.2, 0.25) is 0 Å². The summed E-state index contributed by atoms with van der Waals surface area (Å²) >= 11 is 0. The highest BCUT2D eigenvalue weighted by atomic mass is 31.2. The first kappa shape index (κ1) is 60.5. The van der Waals surface area contributed by atoms with Crippen molar-refractivity contribution in [2.75, 3.05) is 40.9 Å². The van der Waals surface area contributed by atoms with Gasteiger partial charge in [0.25, 0.3) is 0 Å². The number of hydrogen-bond acceptors (Lipinski definition) is 6. The smallest absolute Gasteiger partial charge is 0.456 e. The monoisotopic (exact) mass is 898 g/mol. The SMILES string of the molecule is CCCCCCCCC/C=C\CCCCCC(=O)NC(COP(=O)(O)OCC[N+](C)(C)C)C(/C=C/CCCCCCCCCCC)OC(=O)CCCCCCCCCCCCC. The van der Waals surface area contributed by atoms with E-state index in [1.807, 2.05) is 33.3 Å². The van der Waals surface area contributed by atoms with Crippen LogP contribution < -0.4 is 5.32 Å². The Hall–Kier alpha value is -1.51. The molecule has 0 radical (unpaired) electrons. The summed E-state index contributed by atoms with van der Waals surface area (Å²) in [6.07, 6.45) is 47.4. The number of carbonyl (C=O) groups excluding carboxylic acids is 2. The maximum atomic E-state index is 13.4. The maximum Gasteiger partial charge on any atom is 0.472 e. The van der Waals surface area contributed by atoms with E-state index in [2.05, 4.69) is 38.2 Å².